The van der Waals surface area contributed by atoms with Crippen molar-refractivity contribution < 1.29 is 23.8 Å². The third-order valence-electron chi connectivity index (χ3n) is 4.45. The summed E-state index contributed by atoms with van der Waals surface area (Å²) in [5.74, 6) is 1.02. The molecule has 8 heteroatoms. The van der Waals surface area contributed by atoms with Crippen LogP contribution in [0.15, 0.2) is 46.9 Å². The SMILES string of the molecule is CCNC(=O)[C@@H](C)N(Cc1cccc(Br)c1)C(=O)COc1cc(OC)cc(OC)c1. The van der Waals surface area contributed by atoms with Gasteiger partial charge in [-0.3, -0.25) is 9.59 Å². The molecule has 7 nitrogen and oxygen atoms in total. The minimum Gasteiger partial charge on any atom is -0.496 e. The maximum atomic E-state index is 13.0. The number of nitrogens with zero attached hydrogens (tertiary/aromatic N) is 1. The van der Waals surface area contributed by atoms with Gasteiger partial charge in [0, 0.05) is 35.8 Å². The largest absolute Gasteiger partial charge is 0.496 e. The number of carbonyl (C=O) groups excluding carboxylic acids is 2. The van der Waals surface area contributed by atoms with E-state index in [1.54, 1.807) is 25.1 Å². The van der Waals surface area contributed by atoms with E-state index in [-0.39, 0.29) is 25.0 Å². The van der Waals surface area contributed by atoms with Gasteiger partial charge in [-0.05, 0) is 31.5 Å². The molecule has 2 aromatic rings. The molecule has 0 radical (unpaired) electrons. The van der Waals surface area contributed by atoms with E-state index in [0.717, 1.165) is 10.0 Å². The minimum absolute atomic E-state index is 0.219. The first-order chi connectivity index (χ1) is 14.4. The Morgan fingerprint density at radius 1 is 1.07 bits per heavy atom. The topological polar surface area (TPSA) is 77.1 Å². The highest BCUT2D eigenvalue weighted by Gasteiger charge is 2.26. The molecule has 0 saturated carbocycles. The summed E-state index contributed by atoms with van der Waals surface area (Å²) in [5, 5.41) is 2.77. The second-order valence-electron chi connectivity index (χ2n) is 6.56. The number of likely N-dealkylation sites (N-methyl/N-ethyl adjacent to an activating group) is 1. The van der Waals surface area contributed by atoms with Crippen LogP contribution in [0.25, 0.3) is 0 Å². The first-order valence-electron chi connectivity index (χ1n) is 9.55. The van der Waals surface area contributed by atoms with E-state index in [1.807, 2.05) is 31.2 Å². The van der Waals surface area contributed by atoms with Crippen molar-refractivity contribution in [1.29, 1.82) is 0 Å². The van der Waals surface area contributed by atoms with Crippen LogP contribution in [0.2, 0.25) is 0 Å². The zero-order valence-corrected chi connectivity index (χ0v) is 19.2. The molecule has 0 heterocycles. The first-order valence-corrected chi connectivity index (χ1v) is 10.3. The zero-order chi connectivity index (χ0) is 22.1. The second kappa shape index (κ2) is 11.4. The van der Waals surface area contributed by atoms with Crippen LogP contribution in [0, 0.1) is 0 Å². The van der Waals surface area contributed by atoms with Crippen LogP contribution in [-0.2, 0) is 16.1 Å². The van der Waals surface area contributed by atoms with Crippen LogP contribution < -0.4 is 19.5 Å². The van der Waals surface area contributed by atoms with Crippen LogP contribution in [0.3, 0.4) is 0 Å². The lowest BCUT2D eigenvalue weighted by Gasteiger charge is -2.28. The summed E-state index contributed by atoms with van der Waals surface area (Å²) in [4.78, 5) is 26.9. The summed E-state index contributed by atoms with van der Waals surface area (Å²) < 4.78 is 17.0. The summed E-state index contributed by atoms with van der Waals surface area (Å²) in [6.07, 6.45) is 0. The number of nitrogens with one attached hydrogen (secondary N) is 1. The average Bonchev–Trinajstić information content (AvgIpc) is 2.75. The number of carbonyl (C=O) groups is 2. The Morgan fingerprint density at radius 3 is 2.27 bits per heavy atom. The predicted molar refractivity (Wildman–Crippen MR) is 118 cm³/mol. The molecule has 0 aliphatic heterocycles. The lowest BCUT2D eigenvalue weighted by molar-refractivity contribution is -0.142. The van der Waals surface area contributed by atoms with Crippen LogP contribution in [0.5, 0.6) is 17.2 Å². The Kier molecular flexibility index (Phi) is 8.98. The van der Waals surface area contributed by atoms with E-state index in [4.69, 9.17) is 14.2 Å². The number of hydrogen-bond donors (Lipinski definition) is 1. The maximum Gasteiger partial charge on any atom is 0.261 e. The van der Waals surface area contributed by atoms with Crippen LogP contribution in [0.4, 0.5) is 0 Å². The number of hydrogen-bond acceptors (Lipinski definition) is 5. The highest BCUT2D eigenvalue weighted by molar-refractivity contribution is 9.10. The van der Waals surface area contributed by atoms with Crippen molar-refractivity contribution in [3.63, 3.8) is 0 Å². The normalized spacial score (nSPS) is 11.4. The van der Waals surface area contributed by atoms with Gasteiger partial charge in [0.1, 0.15) is 23.3 Å². The van der Waals surface area contributed by atoms with Gasteiger partial charge in [-0.15, -0.1) is 0 Å². The highest BCUT2D eigenvalue weighted by Crippen LogP contribution is 2.27. The quantitative estimate of drug-likeness (QED) is 0.566. The van der Waals surface area contributed by atoms with Gasteiger partial charge in [0.15, 0.2) is 6.61 Å². The number of ether oxygens (including phenoxy) is 3. The van der Waals surface area contributed by atoms with Gasteiger partial charge in [0.25, 0.3) is 5.91 Å². The van der Waals surface area contributed by atoms with Crippen LogP contribution in [-0.4, -0.2) is 50.1 Å². The fourth-order valence-corrected chi connectivity index (χ4v) is 3.28. The number of halogens is 1. The molecule has 2 amide bonds. The number of amides is 2. The van der Waals surface area contributed by atoms with Gasteiger partial charge in [-0.2, -0.15) is 0 Å². The Bertz CT molecular complexity index is 852. The van der Waals surface area contributed by atoms with Gasteiger partial charge >= 0.3 is 0 Å². The summed E-state index contributed by atoms with van der Waals surface area (Å²) >= 11 is 3.44. The van der Waals surface area contributed by atoms with Crippen LogP contribution in [0.1, 0.15) is 19.4 Å². The van der Waals surface area contributed by atoms with Gasteiger partial charge in [-0.1, -0.05) is 28.1 Å². The number of benzene rings is 2. The summed E-state index contributed by atoms with van der Waals surface area (Å²) in [7, 11) is 3.08. The van der Waals surface area contributed by atoms with E-state index in [1.165, 1.54) is 19.1 Å². The molecule has 2 rings (SSSR count). The summed E-state index contributed by atoms with van der Waals surface area (Å²) in [6.45, 7) is 4.08. The maximum absolute atomic E-state index is 13.0. The van der Waals surface area contributed by atoms with Crippen molar-refractivity contribution in [3.8, 4) is 17.2 Å². The molecule has 0 saturated heterocycles. The number of rotatable bonds is 10. The fourth-order valence-electron chi connectivity index (χ4n) is 2.83. The Morgan fingerprint density at radius 2 is 1.70 bits per heavy atom. The highest BCUT2D eigenvalue weighted by atomic mass is 79.9. The molecule has 2 aromatic carbocycles. The van der Waals surface area contributed by atoms with E-state index in [0.29, 0.717) is 23.8 Å². The molecular weight excluding hydrogens is 452 g/mol. The molecule has 0 unspecified atom stereocenters. The molecule has 1 N–H and O–H groups in total. The first kappa shape index (κ1) is 23.5. The van der Waals surface area contributed by atoms with E-state index in [2.05, 4.69) is 21.2 Å². The van der Waals surface area contributed by atoms with Crippen molar-refractivity contribution in [1.82, 2.24) is 10.2 Å². The predicted octanol–water partition coefficient (Wildman–Crippen LogP) is 3.40. The van der Waals surface area contributed by atoms with Gasteiger partial charge in [-0.25, -0.2) is 0 Å². The molecule has 0 aliphatic carbocycles. The molecule has 0 aromatic heterocycles. The second-order valence-corrected chi connectivity index (χ2v) is 7.47. The molecule has 0 fully saturated rings. The molecular formula is C22H27BrN2O5. The molecule has 0 aliphatic rings. The van der Waals surface area contributed by atoms with Crippen molar-refractivity contribution in [2.45, 2.75) is 26.4 Å². The molecule has 1 atom stereocenters. The smallest absolute Gasteiger partial charge is 0.261 e. The van der Waals surface area contributed by atoms with Crippen molar-refractivity contribution in [3.05, 3.63) is 52.5 Å². The lowest BCUT2D eigenvalue weighted by Crippen LogP contribution is -2.49. The zero-order valence-electron chi connectivity index (χ0n) is 17.6. The van der Waals surface area contributed by atoms with E-state index in [9.17, 15) is 9.59 Å². The molecule has 30 heavy (non-hydrogen) atoms. The summed E-state index contributed by atoms with van der Waals surface area (Å²) in [6, 6.07) is 12.0. The van der Waals surface area contributed by atoms with E-state index < -0.39 is 6.04 Å². The van der Waals surface area contributed by atoms with Gasteiger partial charge in [0.05, 0.1) is 14.2 Å². The molecule has 0 spiro atoms. The molecule has 0 bridgehead atoms. The monoisotopic (exact) mass is 478 g/mol. The van der Waals surface area contributed by atoms with Crippen molar-refractivity contribution in [2.75, 3.05) is 27.4 Å². The van der Waals surface area contributed by atoms with E-state index >= 15 is 0 Å². The Labute approximate surface area is 185 Å². The van der Waals surface area contributed by atoms with Gasteiger partial charge < -0.3 is 24.4 Å². The van der Waals surface area contributed by atoms with Crippen molar-refractivity contribution >= 4 is 27.7 Å². The van der Waals surface area contributed by atoms with Gasteiger partial charge in [0.2, 0.25) is 5.91 Å². The average molecular weight is 479 g/mol. The Hall–Kier alpha value is -2.74. The fraction of sp³-hybridized carbons (Fsp3) is 0.364. The molecule has 162 valence electrons. The van der Waals surface area contributed by atoms with Crippen LogP contribution >= 0.6 is 15.9 Å². The third kappa shape index (κ3) is 6.66. The number of methoxy groups -OCH3 is 2. The lowest BCUT2D eigenvalue weighted by atomic mass is 10.1. The standard InChI is InChI=1S/C22H27BrN2O5/c1-5-24-22(27)15(2)25(13-16-7-6-8-17(23)9-16)21(26)14-30-20-11-18(28-3)10-19(12-20)29-4/h6-12,15H,5,13-14H2,1-4H3,(H,24,27)/t15-/m1/s1. The minimum atomic E-state index is -0.653. The van der Waals surface area contributed by atoms with Crippen molar-refractivity contribution in [2.24, 2.45) is 0 Å². The summed E-state index contributed by atoms with van der Waals surface area (Å²) in [5.41, 5.74) is 0.900. The Balaban J connectivity index is 2.18. The third-order valence-corrected chi connectivity index (χ3v) is 4.94.